The number of nitrogens with one attached hydrogen (secondary N) is 1. The van der Waals surface area contributed by atoms with Gasteiger partial charge in [-0.05, 0) is 51.4 Å². The minimum absolute atomic E-state index is 0. The van der Waals surface area contributed by atoms with Crippen LogP contribution in [0.4, 0.5) is 0 Å². The molecule has 1 saturated heterocycles. The van der Waals surface area contributed by atoms with E-state index in [0.717, 1.165) is 49.4 Å². The smallest absolute Gasteiger partial charge is 0.257 e. The number of piperidine rings is 1. The number of rotatable bonds is 5. The zero-order valence-corrected chi connectivity index (χ0v) is 18.4. The van der Waals surface area contributed by atoms with Crippen molar-refractivity contribution in [1.29, 1.82) is 0 Å². The highest BCUT2D eigenvalue weighted by molar-refractivity contribution is 6.00. The maximum absolute atomic E-state index is 13.4. The van der Waals surface area contributed by atoms with Gasteiger partial charge in [-0.3, -0.25) is 4.79 Å². The second-order valence-corrected chi connectivity index (χ2v) is 7.83. The Bertz CT molecular complexity index is 961. The molecule has 0 bridgehead atoms. The molecular formula is C24H29ClN4O. The lowest BCUT2D eigenvalue weighted by atomic mass is 9.96. The molecule has 1 aliphatic heterocycles. The minimum atomic E-state index is 0. The van der Waals surface area contributed by atoms with E-state index in [1.165, 1.54) is 5.56 Å². The van der Waals surface area contributed by atoms with Crippen molar-refractivity contribution in [3.05, 3.63) is 71.9 Å². The monoisotopic (exact) mass is 424 g/mol. The standard InChI is InChI=1S/C24H28N4O.ClH/c1-18-8-10-21(11-9-18)28-17-22(23(26-28)20-6-4-3-5-7-20)24(29)27-14-12-19(13-15-27)16-25-2;/h3-11,17,19,25H,12-16H2,1-2H3;1H. The first kappa shape index (κ1) is 22.1. The molecule has 30 heavy (non-hydrogen) atoms. The van der Waals surface area contributed by atoms with Crippen LogP contribution >= 0.6 is 12.4 Å². The maximum atomic E-state index is 13.4. The highest BCUT2D eigenvalue weighted by Crippen LogP contribution is 2.27. The molecule has 2 heterocycles. The van der Waals surface area contributed by atoms with Crippen LogP contribution in [-0.4, -0.2) is 47.3 Å². The lowest BCUT2D eigenvalue weighted by Crippen LogP contribution is -2.40. The number of nitrogens with zero attached hydrogens (tertiary/aromatic N) is 3. The summed E-state index contributed by atoms with van der Waals surface area (Å²) >= 11 is 0. The summed E-state index contributed by atoms with van der Waals surface area (Å²) in [6.45, 7) is 4.68. The fourth-order valence-corrected chi connectivity index (χ4v) is 3.97. The Morgan fingerprint density at radius 1 is 1.07 bits per heavy atom. The molecule has 0 radical (unpaired) electrons. The number of likely N-dealkylation sites (tertiary alicyclic amines) is 1. The van der Waals surface area contributed by atoms with Crippen molar-refractivity contribution in [2.45, 2.75) is 19.8 Å². The summed E-state index contributed by atoms with van der Waals surface area (Å²) in [5.41, 5.74) is 4.54. The molecule has 1 aromatic heterocycles. The minimum Gasteiger partial charge on any atom is -0.339 e. The average molecular weight is 425 g/mol. The summed E-state index contributed by atoms with van der Waals surface area (Å²) in [6.07, 6.45) is 3.97. The van der Waals surface area contributed by atoms with E-state index in [2.05, 4.69) is 24.4 Å². The number of aryl methyl sites for hydroxylation is 1. The largest absolute Gasteiger partial charge is 0.339 e. The zero-order valence-electron chi connectivity index (χ0n) is 17.5. The molecule has 2 aromatic carbocycles. The molecule has 0 saturated carbocycles. The van der Waals surface area contributed by atoms with Crippen LogP contribution in [0.15, 0.2) is 60.8 Å². The van der Waals surface area contributed by atoms with Gasteiger partial charge in [0, 0.05) is 24.8 Å². The summed E-state index contributed by atoms with van der Waals surface area (Å²) in [7, 11) is 1.99. The molecule has 1 aliphatic rings. The summed E-state index contributed by atoms with van der Waals surface area (Å²) in [5, 5.41) is 8.05. The van der Waals surface area contributed by atoms with E-state index in [-0.39, 0.29) is 18.3 Å². The molecule has 1 N–H and O–H groups in total. The first-order chi connectivity index (χ1) is 14.2. The Hall–Kier alpha value is -2.63. The first-order valence-corrected chi connectivity index (χ1v) is 10.3. The van der Waals surface area contributed by atoms with Gasteiger partial charge in [0.1, 0.15) is 5.69 Å². The fraction of sp³-hybridized carbons (Fsp3) is 0.333. The van der Waals surface area contributed by atoms with Gasteiger partial charge in [-0.15, -0.1) is 12.4 Å². The van der Waals surface area contributed by atoms with Gasteiger partial charge in [-0.2, -0.15) is 5.10 Å². The number of halogens is 1. The maximum Gasteiger partial charge on any atom is 0.257 e. The summed E-state index contributed by atoms with van der Waals surface area (Å²) < 4.78 is 1.82. The van der Waals surface area contributed by atoms with E-state index in [4.69, 9.17) is 5.10 Å². The second-order valence-electron chi connectivity index (χ2n) is 7.83. The van der Waals surface area contributed by atoms with Crippen LogP contribution in [-0.2, 0) is 0 Å². The van der Waals surface area contributed by atoms with Gasteiger partial charge in [-0.25, -0.2) is 4.68 Å². The summed E-state index contributed by atoms with van der Waals surface area (Å²) in [6, 6.07) is 18.2. The third kappa shape index (κ3) is 4.74. The normalized spacial score (nSPS) is 14.4. The number of carbonyl (C=O) groups excluding carboxylic acids is 1. The van der Waals surface area contributed by atoms with Crippen molar-refractivity contribution >= 4 is 18.3 Å². The van der Waals surface area contributed by atoms with Crippen LogP contribution in [0.5, 0.6) is 0 Å². The molecule has 1 fully saturated rings. The van der Waals surface area contributed by atoms with Crippen LogP contribution in [0.2, 0.25) is 0 Å². The molecular weight excluding hydrogens is 396 g/mol. The predicted octanol–water partition coefficient (Wildman–Crippen LogP) is 4.34. The summed E-state index contributed by atoms with van der Waals surface area (Å²) in [5.74, 6) is 0.720. The van der Waals surface area contributed by atoms with E-state index in [0.29, 0.717) is 11.5 Å². The molecule has 0 atom stereocenters. The number of carbonyl (C=O) groups is 1. The number of hydrogen-bond acceptors (Lipinski definition) is 3. The Balaban J connectivity index is 0.00000256. The molecule has 6 heteroatoms. The number of amides is 1. The van der Waals surface area contributed by atoms with E-state index in [1.807, 2.05) is 65.3 Å². The zero-order chi connectivity index (χ0) is 20.2. The highest BCUT2D eigenvalue weighted by atomic mass is 35.5. The number of benzene rings is 2. The van der Waals surface area contributed by atoms with Gasteiger partial charge >= 0.3 is 0 Å². The predicted molar refractivity (Wildman–Crippen MR) is 124 cm³/mol. The molecule has 5 nitrogen and oxygen atoms in total. The van der Waals surface area contributed by atoms with Gasteiger partial charge < -0.3 is 10.2 Å². The van der Waals surface area contributed by atoms with Gasteiger partial charge in [0.2, 0.25) is 0 Å². The van der Waals surface area contributed by atoms with Gasteiger partial charge in [0.05, 0.1) is 11.3 Å². The quantitative estimate of drug-likeness (QED) is 0.662. The third-order valence-electron chi connectivity index (χ3n) is 5.68. The molecule has 1 amide bonds. The van der Waals surface area contributed by atoms with Crippen LogP contribution in [0, 0.1) is 12.8 Å². The van der Waals surface area contributed by atoms with Crippen LogP contribution < -0.4 is 5.32 Å². The molecule has 0 spiro atoms. The molecule has 3 aromatic rings. The van der Waals surface area contributed by atoms with Crippen molar-refractivity contribution < 1.29 is 4.79 Å². The van der Waals surface area contributed by atoms with Crippen LogP contribution in [0.25, 0.3) is 16.9 Å². The van der Waals surface area contributed by atoms with Gasteiger partial charge in [-0.1, -0.05) is 48.0 Å². The highest BCUT2D eigenvalue weighted by Gasteiger charge is 2.27. The first-order valence-electron chi connectivity index (χ1n) is 10.3. The number of hydrogen-bond donors (Lipinski definition) is 1. The van der Waals surface area contributed by atoms with Crippen LogP contribution in [0.3, 0.4) is 0 Å². The Morgan fingerprint density at radius 2 is 1.73 bits per heavy atom. The van der Waals surface area contributed by atoms with Crippen molar-refractivity contribution in [2.24, 2.45) is 5.92 Å². The van der Waals surface area contributed by atoms with Gasteiger partial charge in [0.25, 0.3) is 5.91 Å². The van der Waals surface area contributed by atoms with Gasteiger partial charge in [0.15, 0.2) is 0 Å². The van der Waals surface area contributed by atoms with E-state index in [1.54, 1.807) is 0 Å². The van der Waals surface area contributed by atoms with Crippen molar-refractivity contribution in [3.63, 3.8) is 0 Å². The lowest BCUT2D eigenvalue weighted by molar-refractivity contribution is 0.0691. The fourth-order valence-electron chi connectivity index (χ4n) is 3.97. The topological polar surface area (TPSA) is 50.2 Å². The second kappa shape index (κ2) is 9.92. The molecule has 158 valence electrons. The van der Waals surface area contributed by atoms with E-state index < -0.39 is 0 Å². The molecule has 0 unspecified atom stereocenters. The van der Waals surface area contributed by atoms with Crippen molar-refractivity contribution in [2.75, 3.05) is 26.7 Å². The van der Waals surface area contributed by atoms with Crippen molar-refractivity contribution in [3.8, 4) is 16.9 Å². The average Bonchev–Trinajstić information content (AvgIpc) is 3.21. The van der Waals surface area contributed by atoms with E-state index in [9.17, 15) is 4.79 Å². The Morgan fingerprint density at radius 3 is 2.37 bits per heavy atom. The molecule has 0 aliphatic carbocycles. The SMILES string of the molecule is CNCC1CCN(C(=O)c2cn(-c3ccc(C)cc3)nc2-c2ccccc2)CC1.Cl. The Labute approximate surface area is 184 Å². The summed E-state index contributed by atoms with van der Waals surface area (Å²) in [4.78, 5) is 15.4. The Kier molecular flexibility index (Phi) is 7.29. The van der Waals surface area contributed by atoms with E-state index >= 15 is 0 Å². The van der Waals surface area contributed by atoms with Crippen molar-refractivity contribution in [1.82, 2.24) is 20.0 Å². The number of aromatic nitrogens is 2. The lowest BCUT2D eigenvalue weighted by Gasteiger charge is -2.31. The van der Waals surface area contributed by atoms with Crippen LogP contribution in [0.1, 0.15) is 28.8 Å². The molecule has 4 rings (SSSR count). The third-order valence-corrected chi connectivity index (χ3v) is 5.68.